The van der Waals surface area contributed by atoms with Crippen LogP contribution in [0.25, 0.3) is 0 Å². The Balaban J connectivity index is 1.78. The van der Waals surface area contributed by atoms with Crippen molar-refractivity contribution in [2.45, 2.75) is 39.2 Å². The molecule has 0 aliphatic carbocycles. The molecule has 0 saturated carbocycles. The number of hydrogen-bond acceptors (Lipinski definition) is 3. The molecule has 0 spiro atoms. The van der Waals surface area contributed by atoms with Crippen LogP contribution < -0.4 is 15.4 Å². The van der Waals surface area contributed by atoms with E-state index in [1.807, 2.05) is 18.2 Å². The molecule has 1 atom stereocenters. The normalized spacial score (nSPS) is 12.2. The number of ether oxygens (including phenoxy) is 1. The molecule has 2 aromatic rings. The maximum absolute atomic E-state index is 12.2. The van der Waals surface area contributed by atoms with Crippen molar-refractivity contribution in [2.75, 3.05) is 13.2 Å². The minimum atomic E-state index is -0.687. The van der Waals surface area contributed by atoms with E-state index in [1.54, 1.807) is 31.2 Å². The number of carbonyl (C=O) groups excluding carboxylic acids is 2. The monoisotopic (exact) mass is 402 g/mol. The topological polar surface area (TPSA) is 67.4 Å². The summed E-state index contributed by atoms with van der Waals surface area (Å²) in [6.07, 6.45) is 0. The Morgan fingerprint density at radius 1 is 1.11 bits per heavy atom. The van der Waals surface area contributed by atoms with E-state index >= 15 is 0 Å². The summed E-state index contributed by atoms with van der Waals surface area (Å²) in [7, 11) is 0. The van der Waals surface area contributed by atoms with Crippen molar-refractivity contribution >= 4 is 23.4 Å². The third-order valence-corrected chi connectivity index (χ3v) is 4.56. The molecule has 2 N–H and O–H groups in total. The zero-order valence-corrected chi connectivity index (χ0v) is 17.5. The van der Waals surface area contributed by atoms with Crippen LogP contribution in [0.5, 0.6) is 5.75 Å². The number of amides is 2. The van der Waals surface area contributed by atoms with Crippen LogP contribution in [-0.2, 0) is 10.2 Å². The van der Waals surface area contributed by atoms with Crippen LogP contribution in [0.15, 0.2) is 48.5 Å². The quantitative estimate of drug-likeness (QED) is 0.689. The van der Waals surface area contributed by atoms with Crippen LogP contribution in [0, 0.1) is 0 Å². The molecule has 0 fully saturated rings. The first-order valence-corrected chi connectivity index (χ1v) is 9.62. The molecule has 2 aromatic carbocycles. The Labute approximate surface area is 171 Å². The van der Waals surface area contributed by atoms with Crippen LogP contribution >= 0.6 is 11.6 Å². The number of hydrogen-bond donors (Lipinski definition) is 2. The second kappa shape index (κ2) is 9.60. The van der Waals surface area contributed by atoms with Crippen LogP contribution in [0.2, 0.25) is 5.02 Å². The Morgan fingerprint density at radius 3 is 2.50 bits per heavy atom. The van der Waals surface area contributed by atoms with Crippen LogP contribution in [0.1, 0.15) is 43.6 Å². The van der Waals surface area contributed by atoms with Gasteiger partial charge in [0.25, 0.3) is 5.91 Å². The molecule has 0 radical (unpaired) electrons. The highest BCUT2D eigenvalue weighted by Crippen LogP contribution is 2.25. The molecule has 0 aliphatic heterocycles. The lowest BCUT2D eigenvalue weighted by Crippen LogP contribution is -2.45. The average molecular weight is 403 g/mol. The van der Waals surface area contributed by atoms with Crippen LogP contribution in [-0.4, -0.2) is 31.0 Å². The number of carbonyl (C=O) groups is 2. The number of rotatable bonds is 7. The van der Waals surface area contributed by atoms with Crippen LogP contribution in [0.4, 0.5) is 0 Å². The summed E-state index contributed by atoms with van der Waals surface area (Å²) in [6, 6.07) is 13.9. The second-order valence-electron chi connectivity index (χ2n) is 7.59. The fraction of sp³-hybridized carbons (Fsp3) is 0.364. The highest BCUT2D eigenvalue weighted by atomic mass is 35.5. The first-order valence-electron chi connectivity index (χ1n) is 9.25. The molecule has 2 amide bonds. The number of halogens is 1. The van der Waals surface area contributed by atoms with Gasteiger partial charge in [-0.1, -0.05) is 56.6 Å². The molecule has 0 aromatic heterocycles. The molecule has 0 heterocycles. The zero-order valence-electron chi connectivity index (χ0n) is 16.7. The van der Waals surface area contributed by atoms with Crippen molar-refractivity contribution in [2.24, 2.45) is 0 Å². The first kappa shape index (κ1) is 21.8. The van der Waals surface area contributed by atoms with Gasteiger partial charge in [0.2, 0.25) is 5.91 Å². The van der Waals surface area contributed by atoms with E-state index in [0.717, 1.165) is 5.75 Å². The highest BCUT2D eigenvalue weighted by Gasteiger charge is 2.18. The Morgan fingerprint density at radius 2 is 1.82 bits per heavy atom. The molecule has 0 saturated heterocycles. The molecule has 28 heavy (non-hydrogen) atoms. The summed E-state index contributed by atoms with van der Waals surface area (Å²) in [6.45, 7) is 8.73. The molecule has 2 rings (SSSR count). The molecule has 5 nitrogen and oxygen atoms in total. The van der Waals surface area contributed by atoms with Gasteiger partial charge in [-0.3, -0.25) is 9.59 Å². The minimum Gasteiger partial charge on any atom is -0.492 e. The molecule has 0 bridgehead atoms. The SMILES string of the molecule is CC(NC(=O)c1ccccc1Cl)C(=O)NCCOc1cccc(C(C)(C)C)c1. The van der Waals surface area contributed by atoms with Gasteiger partial charge >= 0.3 is 0 Å². The van der Waals surface area contributed by atoms with Crippen molar-refractivity contribution < 1.29 is 14.3 Å². The number of nitrogens with one attached hydrogen (secondary N) is 2. The van der Waals surface area contributed by atoms with E-state index in [2.05, 4.69) is 37.5 Å². The van der Waals surface area contributed by atoms with Gasteiger partial charge in [-0.05, 0) is 42.2 Å². The van der Waals surface area contributed by atoms with E-state index in [-0.39, 0.29) is 17.2 Å². The Hall–Kier alpha value is -2.53. The fourth-order valence-corrected chi connectivity index (χ4v) is 2.76. The second-order valence-corrected chi connectivity index (χ2v) is 8.00. The van der Waals surface area contributed by atoms with E-state index in [9.17, 15) is 9.59 Å². The molecular weight excluding hydrogens is 376 g/mol. The Bertz CT molecular complexity index is 831. The summed E-state index contributed by atoms with van der Waals surface area (Å²) in [5.41, 5.74) is 1.57. The molecule has 0 aliphatic rings. The lowest BCUT2D eigenvalue weighted by molar-refractivity contribution is -0.122. The van der Waals surface area contributed by atoms with E-state index in [1.165, 1.54) is 5.56 Å². The van der Waals surface area contributed by atoms with Crippen molar-refractivity contribution in [3.8, 4) is 5.75 Å². The van der Waals surface area contributed by atoms with E-state index in [4.69, 9.17) is 16.3 Å². The third kappa shape index (κ3) is 6.27. The van der Waals surface area contributed by atoms with Gasteiger partial charge in [0.1, 0.15) is 18.4 Å². The standard InChI is InChI=1S/C22H27ClN2O3/c1-15(25-21(27)18-10-5-6-11-19(18)23)20(26)24-12-13-28-17-9-7-8-16(14-17)22(2,3)4/h5-11,14-15H,12-13H2,1-4H3,(H,24,26)(H,25,27). The summed E-state index contributed by atoms with van der Waals surface area (Å²) in [4.78, 5) is 24.4. The van der Waals surface area contributed by atoms with Crippen molar-refractivity contribution in [1.29, 1.82) is 0 Å². The van der Waals surface area contributed by atoms with Gasteiger partial charge in [-0.25, -0.2) is 0 Å². The third-order valence-electron chi connectivity index (χ3n) is 4.23. The average Bonchev–Trinajstić information content (AvgIpc) is 2.64. The largest absolute Gasteiger partial charge is 0.492 e. The fourth-order valence-electron chi connectivity index (χ4n) is 2.53. The Kier molecular flexibility index (Phi) is 7.46. The summed E-state index contributed by atoms with van der Waals surface area (Å²) in [5, 5.41) is 5.75. The predicted molar refractivity (Wildman–Crippen MR) is 112 cm³/mol. The lowest BCUT2D eigenvalue weighted by atomic mass is 9.87. The van der Waals surface area contributed by atoms with E-state index < -0.39 is 6.04 Å². The minimum absolute atomic E-state index is 0.0445. The van der Waals surface area contributed by atoms with Gasteiger partial charge in [0.05, 0.1) is 17.1 Å². The van der Waals surface area contributed by atoms with Gasteiger partial charge < -0.3 is 15.4 Å². The van der Waals surface area contributed by atoms with Gasteiger partial charge in [-0.2, -0.15) is 0 Å². The summed E-state index contributed by atoms with van der Waals surface area (Å²) >= 11 is 6.00. The number of benzene rings is 2. The van der Waals surface area contributed by atoms with Gasteiger partial charge in [0, 0.05) is 0 Å². The van der Waals surface area contributed by atoms with Crippen molar-refractivity contribution in [3.05, 3.63) is 64.7 Å². The van der Waals surface area contributed by atoms with Gasteiger partial charge in [0.15, 0.2) is 0 Å². The maximum Gasteiger partial charge on any atom is 0.253 e. The first-order chi connectivity index (χ1) is 13.2. The summed E-state index contributed by atoms with van der Waals surface area (Å²) in [5.74, 6) is 0.0951. The van der Waals surface area contributed by atoms with E-state index in [0.29, 0.717) is 23.7 Å². The zero-order chi connectivity index (χ0) is 20.7. The maximum atomic E-state index is 12.2. The molecule has 1 unspecified atom stereocenters. The van der Waals surface area contributed by atoms with Crippen molar-refractivity contribution in [3.63, 3.8) is 0 Å². The molecule has 6 heteroatoms. The van der Waals surface area contributed by atoms with Gasteiger partial charge in [-0.15, -0.1) is 0 Å². The van der Waals surface area contributed by atoms with Crippen molar-refractivity contribution in [1.82, 2.24) is 10.6 Å². The smallest absolute Gasteiger partial charge is 0.253 e. The molecular formula is C22H27ClN2O3. The predicted octanol–water partition coefficient (Wildman–Crippen LogP) is 3.95. The lowest BCUT2D eigenvalue weighted by Gasteiger charge is -2.20. The summed E-state index contributed by atoms with van der Waals surface area (Å²) < 4.78 is 5.72. The highest BCUT2D eigenvalue weighted by molar-refractivity contribution is 6.33. The van der Waals surface area contributed by atoms with Crippen LogP contribution in [0.3, 0.4) is 0 Å². The molecule has 150 valence electrons.